The molecule has 3 fully saturated rings. The van der Waals surface area contributed by atoms with Crippen LogP contribution in [0, 0.1) is 6.92 Å². The lowest BCUT2D eigenvalue weighted by atomic mass is 9.78. The number of fused-ring (bicyclic) bond motifs is 1. The molecule has 0 radical (unpaired) electrons. The highest BCUT2D eigenvalue weighted by Gasteiger charge is 2.53. The molecule has 2 N–H and O–H groups in total. The number of imidazole rings is 1. The third-order valence-corrected chi connectivity index (χ3v) is 8.45. The summed E-state index contributed by atoms with van der Waals surface area (Å²) in [6.45, 7) is 10.3. The van der Waals surface area contributed by atoms with Gasteiger partial charge in [-0.3, -0.25) is 9.67 Å². The molecule has 8 nitrogen and oxygen atoms in total. The fourth-order valence-electron chi connectivity index (χ4n) is 5.01. The maximum atomic E-state index is 6.16. The molecule has 0 amide bonds. The van der Waals surface area contributed by atoms with Crippen LogP contribution in [-0.2, 0) is 21.9 Å². The van der Waals surface area contributed by atoms with E-state index >= 15 is 0 Å². The van der Waals surface area contributed by atoms with E-state index in [1.165, 1.54) is 18.5 Å². The highest BCUT2D eigenvalue weighted by molar-refractivity contribution is 6.62. The normalized spacial score (nSPS) is 19.8. The van der Waals surface area contributed by atoms with E-state index in [4.69, 9.17) is 15.0 Å². The van der Waals surface area contributed by atoms with Crippen LogP contribution in [0.3, 0.4) is 0 Å². The highest BCUT2D eigenvalue weighted by atomic mass is 35.5. The van der Waals surface area contributed by atoms with E-state index < -0.39 is 0 Å². The molecule has 214 valence electrons. The first-order valence-electron chi connectivity index (χ1n) is 13.5. The van der Waals surface area contributed by atoms with Gasteiger partial charge in [-0.25, -0.2) is 4.98 Å². The molecule has 2 aliphatic carbocycles. The molecule has 0 unspecified atom stereocenters. The fourth-order valence-corrected chi connectivity index (χ4v) is 5.01. The van der Waals surface area contributed by atoms with E-state index in [0.29, 0.717) is 5.92 Å². The minimum atomic E-state index is -0.283. The Morgan fingerprint density at radius 3 is 2.15 bits per heavy atom. The molecule has 5 heterocycles. The van der Waals surface area contributed by atoms with Crippen molar-refractivity contribution in [1.29, 1.82) is 0 Å². The van der Waals surface area contributed by atoms with E-state index in [1.807, 2.05) is 53.8 Å². The summed E-state index contributed by atoms with van der Waals surface area (Å²) in [6.07, 6.45) is 12.5. The second-order valence-corrected chi connectivity index (χ2v) is 12.1. The fraction of sp³-hybridized carbons (Fsp3) is 0.483. The first kappa shape index (κ1) is 30.5. The van der Waals surface area contributed by atoms with Crippen molar-refractivity contribution in [2.45, 2.75) is 83.0 Å². The van der Waals surface area contributed by atoms with E-state index in [0.717, 1.165) is 46.5 Å². The Bertz CT molecular complexity index is 1480. The van der Waals surface area contributed by atoms with Crippen molar-refractivity contribution in [3.63, 3.8) is 0 Å². The molecule has 7 rings (SSSR count). The van der Waals surface area contributed by atoms with Gasteiger partial charge in [-0.1, -0.05) is 6.07 Å². The van der Waals surface area contributed by atoms with Gasteiger partial charge in [0, 0.05) is 54.5 Å². The van der Waals surface area contributed by atoms with Crippen LogP contribution in [0.15, 0.2) is 49.1 Å². The Labute approximate surface area is 249 Å². The summed E-state index contributed by atoms with van der Waals surface area (Å²) < 4.78 is 16.2. The van der Waals surface area contributed by atoms with Crippen molar-refractivity contribution in [2.75, 3.05) is 0 Å². The predicted octanol–water partition coefficient (Wildman–Crippen LogP) is 5.09. The number of hydrogen-bond acceptors (Lipinski definition) is 6. The van der Waals surface area contributed by atoms with Crippen LogP contribution < -0.4 is 11.2 Å². The van der Waals surface area contributed by atoms with Gasteiger partial charge in [0.15, 0.2) is 0 Å². The van der Waals surface area contributed by atoms with Crippen molar-refractivity contribution < 1.29 is 9.31 Å². The summed E-state index contributed by atoms with van der Waals surface area (Å²) in [4.78, 5) is 8.96. The molecule has 1 saturated heterocycles. The second-order valence-electron chi connectivity index (χ2n) is 12.1. The molecule has 2 saturated carbocycles. The first-order valence-corrected chi connectivity index (χ1v) is 13.5. The van der Waals surface area contributed by atoms with Crippen molar-refractivity contribution in [3.05, 3.63) is 66.1 Å². The number of nitrogens with zero attached hydrogens (tertiary/aromatic N) is 5. The average Bonchev–Trinajstić information content (AvgIpc) is 3.75. The Morgan fingerprint density at radius 2 is 1.57 bits per heavy atom. The molecule has 0 bridgehead atoms. The SMILES string of the molecule is Cc1cn2cc(-c3ccc(C4(N)CC4)nc3)ccc2n1.Cl.Cl.Cn1ncc(B2OC(C)(C)C(C)(C)O2)c1C1CC1. The topological polar surface area (TPSA) is 92.5 Å². The third-order valence-electron chi connectivity index (χ3n) is 8.45. The smallest absolute Gasteiger partial charge is 0.399 e. The summed E-state index contributed by atoms with van der Waals surface area (Å²) in [5.74, 6) is 0.645. The van der Waals surface area contributed by atoms with Gasteiger partial charge in [0.05, 0.1) is 28.1 Å². The summed E-state index contributed by atoms with van der Waals surface area (Å²) >= 11 is 0. The van der Waals surface area contributed by atoms with Crippen LogP contribution in [0.1, 0.15) is 76.4 Å². The lowest BCUT2D eigenvalue weighted by Crippen LogP contribution is -2.41. The van der Waals surface area contributed by atoms with Crippen LogP contribution in [0.5, 0.6) is 0 Å². The largest absolute Gasteiger partial charge is 0.498 e. The molecule has 0 spiro atoms. The first-order chi connectivity index (χ1) is 18.0. The van der Waals surface area contributed by atoms with Gasteiger partial charge in [-0.05, 0) is 84.1 Å². The summed E-state index contributed by atoms with van der Waals surface area (Å²) in [7, 11) is 1.72. The number of aromatic nitrogens is 5. The van der Waals surface area contributed by atoms with Crippen LogP contribution in [0.4, 0.5) is 0 Å². The summed E-state index contributed by atoms with van der Waals surface area (Å²) in [5, 5.41) is 4.37. The Hall–Kier alpha value is -2.43. The van der Waals surface area contributed by atoms with Gasteiger partial charge in [-0.15, -0.1) is 24.8 Å². The molecule has 3 aliphatic rings. The number of rotatable bonds is 4. The van der Waals surface area contributed by atoms with Crippen LogP contribution in [-0.4, -0.2) is 42.5 Å². The van der Waals surface area contributed by atoms with Crippen LogP contribution in [0.25, 0.3) is 16.8 Å². The zero-order valence-corrected chi connectivity index (χ0v) is 25.7. The second kappa shape index (κ2) is 10.8. The number of nitrogens with two attached hydrogens (primary N) is 1. The monoisotopic (exact) mass is 584 g/mol. The molecule has 0 aromatic carbocycles. The number of pyridine rings is 2. The van der Waals surface area contributed by atoms with Gasteiger partial charge in [-0.2, -0.15) is 5.10 Å². The lowest BCUT2D eigenvalue weighted by Gasteiger charge is -2.32. The molecule has 11 heteroatoms. The van der Waals surface area contributed by atoms with Gasteiger partial charge < -0.3 is 19.4 Å². The van der Waals surface area contributed by atoms with Crippen molar-refractivity contribution in [2.24, 2.45) is 12.8 Å². The molecule has 4 aromatic heterocycles. The Morgan fingerprint density at radius 1 is 0.925 bits per heavy atom. The summed E-state index contributed by atoms with van der Waals surface area (Å²) in [5.41, 5.74) is 13.1. The minimum absolute atomic E-state index is 0. The molecular weight excluding hydrogens is 546 g/mol. The van der Waals surface area contributed by atoms with E-state index in [-0.39, 0.29) is 48.7 Å². The molecule has 0 atom stereocenters. The molecular formula is C29H39BCl2N6O2. The van der Waals surface area contributed by atoms with Crippen molar-refractivity contribution in [1.82, 2.24) is 24.1 Å². The number of halogens is 2. The predicted molar refractivity (Wildman–Crippen MR) is 164 cm³/mol. The zero-order chi connectivity index (χ0) is 26.9. The minimum Gasteiger partial charge on any atom is -0.399 e. The zero-order valence-electron chi connectivity index (χ0n) is 24.0. The lowest BCUT2D eigenvalue weighted by molar-refractivity contribution is 0.00578. The average molecular weight is 585 g/mol. The van der Waals surface area contributed by atoms with Crippen LogP contribution >= 0.6 is 24.8 Å². The summed E-state index contributed by atoms with van der Waals surface area (Å²) in [6, 6.07) is 8.25. The maximum absolute atomic E-state index is 6.16. The molecule has 4 aromatic rings. The Kier molecular flexibility index (Phi) is 8.22. The maximum Gasteiger partial charge on any atom is 0.498 e. The quantitative estimate of drug-likeness (QED) is 0.336. The number of aryl methyl sites for hydroxylation is 2. The van der Waals surface area contributed by atoms with Crippen molar-refractivity contribution >= 4 is 43.0 Å². The van der Waals surface area contributed by atoms with Crippen molar-refractivity contribution in [3.8, 4) is 11.1 Å². The van der Waals surface area contributed by atoms with Gasteiger partial charge >= 0.3 is 7.12 Å². The third kappa shape index (κ3) is 5.67. The highest BCUT2D eigenvalue weighted by Crippen LogP contribution is 2.42. The van der Waals surface area contributed by atoms with E-state index in [9.17, 15) is 0 Å². The molecule has 40 heavy (non-hydrogen) atoms. The van der Waals surface area contributed by atoms with Gasteiger partial charge in [0.1, 0.15) is 5.65 Å². The van der Waals surface area contributed by atoms with Gasteiger partial charge in [0.25, 0.3) is 0 Å². The Balaban J connectivity index is 0.000000177. The van der Waals surface area contributed by atoms with Crippen LogP contribution in [0.2, 0.25) is 0 Å². The standard InChI is InChI=1S/C16H16N4.C13H21BN2O2.2ClH/c1-11-9-20-10-13(3-5-15(20)19-11)12-2-4-14(18-8-12)16(17)6-7-16;1-12(2)13(3,4)18-14(17-12)10-8-15-16(5)11(10)9-6-7-9;;/h2-5,8-10H,6-7,17H2,1H3;8-9H,6-7H2,1-5H3;2*1H. The number of hydrogen-bond donors (Lipinski definition) is 1. The molecule has 1 aliphatic heterocycles. The van der Waals surface area contributed by atoms with E-state index in [1.54, 1.807) is 0 Å². The van der Waals surface area contributed by atoms with E-state index in [2.05, 4.69) is 61.1 Å². The van der Waals surface area contributed by atoms with Gasteiger partial charge in [0.2, 0.25) is 0 Å².